The van der Waals surface area contributed by atoms with Crippen molar-refractivity contribution >= 4 is 28.6 Å². The van der Waals surface area contributed by atoms with Crippen LogP contribution in [0.2, 0.25) is 0 Å². The smallest absolute Gasteiger partial charge is 0.341 e. The van der Waals surface area contributed by atoms with Gasteiger partial charge in [0.05, 0.1) is 3.92 Å². The zero-order valence-electron chi connectivity index (χ0n) is 7.64. The van der Waals surface area contributed by atoms with Gasteiger partial charge in [-0.25, -0.2) is 4.79 Å². The Balaban J connectivity index is 3.20. The van der Waals surface area contributed by atoms with Crippen molar-refractivity contribution in [2.45, 2.75) is 16.4 Å². The molecular weight excluding hydrogens is 295 g/mol. The van der Waals surface area contributed by atoms with Crippen LogP contribution in [0.25, 0.3) is 0 Å². The number of rotatable bonds is 3. The topological polar surface area (TPSA) is 57.5 Å². The van der Waals surface area contributed by atoms with Gasteiger partial charge in [-0.05, 0) is 12.5 Å². The number of aliphatic hydroxyl groups is 1. The van der Waals surface area contributed by atoms with Crippen LogP contribution in [-0.2, 0) is 10.4 Å². The Hall–Kier alpha value is -0.620. The van der Waals surface area contributed by atoms with E-state index in [9.17, 15) is 9.90 Å². The van der Waals surface area contributed by atoms with Gasteiger partial charge in [0.2, 0.25) is 0 Å². The number of alkyl halides is 1. The standard InChI is InChI=1S/C10H11IO3/c1-7(11)10(14,9(12)13)8-5-3-2-4-6-8/h2-7,14H,1H3,(H,12,13). The average Bonchev–Trinajstić information content (AvgIpc) is 2.17. The maximum absolute atomic E-state index is 11.0. The molecule has 2 N–H and O–H groups in total. The summed E-state index contributed by atoms with van der Waals surface area (Å²) >= 11 is 1.91. The third kappa shape index (κ3) is 1.90. The quantitative estimate of drug-likeness (QED) is 0.661. The normalized spacial score (nSPS) is 17.1. The van der Waals surface area contributed by atoms with Crippen LogP contribution in [0.5, 0.6) is 0 Å². The molecule has 0 aliphatic heterocycles. The second-order valence-corrected chi connectivity index (χ2v) is 4.92. The molecule has 4 heteroatoms. The van der Waals surface area contributed by atoms with Gasteiger partial charge in [-0.2, -0.15) is 0 Å². The molecule has 0 bridgehead atoms. The zero-order valence-corrected chi connectivity index (χ0v) is 9.80. The van der Waals surface area contributed by atoms with Crippen LogP contribution in [0.15, 0.2) is 30.3 Å². The lowest BCUT2D eigenvalue weighted by Gasteiger charge is -2.26. The summed E-state index contributed by atoms with van der Waals surface area (Å²) in [6.45, 7) is 1.67. The van der Waals surface area contributed by atoms with Gasteiger partial charge in [0.15, 0.2) is 5.60 Å². The van der Waals surface area contributed by atoms with Gasteiger partial charge in [0, 0.05) is 0 Å². The fourth-order valence-electron chi connectivity index (χ4n) is 1.22. The van der Waals surface area contributed by atoms with E-state index >= 15 is 0 Å². The Morgan fingerprint density at radius 1 is 1.43 bits per heavy atom. The zero-order chi connectivity index (χ0) is 10.8. The highest BCUT2D eigenvalue weighted by Crippen LogP contribution is 2.30. The van der Waals surface area contributed by atoms with Crippen molar-refractivity contribution in [2.75, 3.05) is 0 Å². The lowest BCUT2D eigenvalue weighted by Crippen LogP contribution is -2.42. The summed E-state index contributed by atoms with van der Waals surface area (Å²) in [6.07, 6.45) is 0. The van der Waals surface area contributed by atoms with Crippen LogP contribution in [0.3, 0.4) is 0 Å². The molecular formula is C10H11IO3. The lowest BCUT2D eigenvalue weighted by molar-refractivity contribution is -0.158. The maximum Gasteiger partial charge on any atom is 0.341 e. The summed E-state index contributed by atoms with van der Waals surface area (Å²) < 4.78 is -0.403. The molecule has 76 valence electrons. The van der Waals surface area contributed by atoms with Crippen molar-refractivity contribution in [2.24, 2.45) is 0 Å². The van der Waals surface area contributed by atoms with E-state index in [4.69, 9.17) is 5.11 Å². The number of benzene rings is 1. The molecule has 1 aromatic carbocycles. The number of halogens is 1. The average molecular weight is 306 g/mol. The summed E-state index contributed by atoms with van der Waals surface area (Å²) in [5.41, 5.74) is -1.39. The monoisotopic (exact) mass is 306 g/mol. The van der Waals surface area contributed by atoms with Crippen molar-refractivity contribution in [1.82, 2.24) is 0 Å². The molecule has 2 atom stereocenters. The molecule has 0 aromatic heterocycles. The van der Waals surface area contributed by atoms with Crippen molar-refractivity contribution in [3.63, 3.8) is 0 Å². The summed E-state index contributed by atoms with van der Waals surface area (Å²) in [6, 6.07) is 8.43. The third-order valence-electron chi connectivity index (χ3n) is 2.12. The first-order chi connectivity index (χ1) is 6.49. The molecule has 3 nitrogen and oxygen atoms in total. The van der Waals surface area contributed by atoms with E-state index in [0.29, 0.717) is 5.56 Å². The van der Waals surface area contributed by atoms with Crippen LogP contribution in [0.1, 0.15) is 12.5 Å². The van der Waals surface area contributed by atoms with E-state index in [-0.39, 0.29) is 0 Å². The van der Waals surface area contributed by atoms with Crippen LogP contribution in [-0.4, -0.2) is 20.1 Å². The minimum atomic E-state index is -1.80. The van der Waals surface area contributed by atoms with Crippen molar-refractivity contribution in [3.8, 4) is 0 Å². The highest BCUT2D eigenvalue weighted by atomic mass is 127. The Morgan fingerprint density at radius 3 is 2.29 bits per heavy atom. The Bertz CT molecular complexity index is 323. The van der Waals surface area contributed by atoms with E-state index in [2.05, 4.69) is 0 Å². The minimum Gasteiger partial charge on any atom is -0.479 e. The molecule has 0 amide bonds. The van der Waals surface area contributed by atoms with E-state index < -0.39 is 15.5 Å². The first kappa shape index (κ1) is 11.5. The molecule has 1 rings (SSSR count). The van der Waals surface area contributed by atoms with Crippen molar-refractivity contribution in [1.29, 1.82) is 0 Å². The fourth-order valence-corrected chi connectivity index (χ4v) is 1.84. The lowest BCUT2D eigenvalue weighted by atomic mass is 9.91. The first-order valence-electron chi connectivity index (χ1n) is 4.15. The molecule has 0 fully saturated rings. The first-order valence-corrected chi connectivity index (χ1v) is 5.39. The number of carbonyl (C=O) groups is 1. The second kappa shape index (κ2) is 4.27. The molecule has 14 heavy (non-hydrogen) atoms. The predicted molar refractivity (Wildman–Crippen MR) is 61.5 cm³/mol. The summed E-state index contributed by atoms with van der Waals surface area (Å²) in [7, 11) is 0. The fraction of sp³-hybridized carbons (Fsp3) is 0.300. The Kier molecular flexibility index (Phi) is 3.49. The van der Waals surface area contributed by atoms with E-state index in [1.807, 2.05) is 22.6 Å². The molecule has 2 unspecified atom stereocenters. The third-order valence-corrected chi connectivity index (χ3v) is 3.02. The molecule has 0 saturated heterocycles. The number of hydrogen-bond donors (Lipinski definition) is 2. The van der Waals surface area contributed by atoms with Crippen LogP contribution in [0.4, 0.5) is 0 Å². The molecule has 0 radical (unpaired) electrons. The van der Waals surface area contributed by atoms with Gasteiger partial charge in [-0.15, -0.1) is 0 Å². The molecule has 0 spiro atoms. The number of hydrogen-bond acceptors (Lipinski definition) is 2. The summed E-state index contributed by atoms with van der Waals surface area (Å²) in [5.74, 6) is -1.22. The largest absolute Gasteiger partial charge is 0.479 e. The number of carboxylic acids is 1. The van der Waals surface area contributed by atoms with Crippen molar-refractivity contribution < 1.29 is 15.0 Å². The minimum absolute atomic E-state index is 0.403. The van der Waals surface area contributed by atoms with Gasteiger partial charge in [0.25, 0.3) is 0 Å². The van der Waals surface area contributed by atoms with Crippen LogP contribution < -0.4 is 0 Å². The predicted octanol–water partition coefficient (Wildman–Crippen LogP) is 1.78. The van der Waals surface area contributed by atoms with E-state index in [1.165, 1.54) is 0 Å². The Morgan fingerprint density at radius 2 is 1.93 bits per heavy atom. The van der Waals surface area contributed by atoms with Crippen molar-refractivity contribution in [3.05, 3.63) is 35.9 Å². The van der Waals surface area contributed by atoms with Gasteiger partial charge in [0.1, 0.15) is 0 Å². The molecule has 1 aromatic rings. The highest BCUT2D eigenvalue weighted by Gasteiger charge is 2.42. The number of aliphatic carboxylic acids is 1. The van der Waals surface area contributed by atoms with Gasteiger partial charge in [-0.1, -0.05) is 52.9 Å². The Labute approximate surface area is 95.9 Å². The summed E-state index contributed by atoms with van der Waals surface area (Å²) in [4.78, 5) is 11.0. The van der Waals surface area contributed by atoms with Gasteiger partial charge >= 0.3 is 5.97 Å². The molecule has 0 aliphatic rings. The molecule has 0 heterocycles. The second-order valence-electron chi connectivity index (χ2n) is 3.05. The number of carboxylic acid groups (broad SMARTS) is 1. The van der Waals surface area contributed by atoms with Crippen LogP contribution >= 0.6 is 22.6 Å². The van der Waals surface area contributed by atoms with Crippen LogP contribution in [0, 0.1) is 0 Å². The SMILES string of the molecule is CC(I)C(O)(C(=O)O)c1ccccc1. The molecule has 0 aliphatic carbocycles. The van der Waals surface area contributed by atoms with Gasteiger partial charge in [-0.3, -0.25) is 0 Å². The maximum atomic E-state index is 11.0. The van der Waals surface area contributed by atoms with Gasteiger partial charge < -0.3 is 10.2 Å². The molecule has 0 saturated carbocycles. The van der Waals surface area contributed by atoms with E-state index in [1.54, 1.807) is 37.3 Å². The van der Waals surface area contributed by atoms with E-state index in [0.717, 1.165) is 0 Å². The highest BCUT2D eigenvalue weighted by molar-refractivity contribution is 14.1. The summed E-state index contributed by atoms with van der Waals surface area (Å²) in [5, 5.41) is 19.0.